The molecular formula is C28H32N2O2. The Labute approximate surface area is 191 Å². The first-order valence-corrected chi connectivity index (χ1v) is 11.3. The smallest absolute Gasteiger partial charge is 0.227 e. The van der Waals surface area contributed by atoms with Crippen LogP contribution < -0.4 is 9.64 Å². The molecule has 1 unspecified atom stereocenters. The lowest BCUT2D eigenvalue weighted by molar-refractivity contribution is -0.118. The molecule has 0 radical (unpaired) electrons. The summed E-state index contributed by atoms with van der Waals surface area (Å²) in [5.41, 5.74) is 5.88. The summed E-state index contributed by atoms with van der Waals surface area (Å²) >= 11 is 0. The number of amides is 1. The molecule has 0 saturated heterocycles. The zero-order valence-corrected chi connectivity index (χ0v) is 19.3. The second kappa shape index (κ2) is 10.0. The second-order valence-electron chi connectivity index (χ2n) is 8.89. The Morgan fingerprint density at radius 3 is 2.28 bits per heavy atom. The fourth-order valence-electron chi connectivity index (χ4n) is 4.59. The lowest BCUT2D eigenvalue weighted by Crippen LogP contribution is -2.43. The molecule has 1 amide bonds. The molecule has 0 bridgehead atoms. The van der Waals surface area contributed by atoms with Gasteiger partial charge in [0.05, 0.1) is 7.11 Å². The number of hydrogen-bond donors (Lipinski definition) is 0. The van der Waals surface area contributed by atoms with Crippen molar-refractivity contribution >= 4 is 11.6 Å². The fraction of sp³-hybridized carbons (Fsp3) is 0.321. The first kappa shape index (κ1) is 22.1. The molecule has 0 fully saturated rings. The maximum atomic E-state index is 13.2. The molecule has 3 aromatic carbocycles. The van der Waals surface area contributed by atoms with Gasteiger partial charge in [-0.3, -0.25) is 4.79 Å². The zero-order chi connectivity index (χ0) is 22.5. The van der Waals surface area contributed by atoms with E-state index in [-0.39, 0.29) is 5.91 Å². The largest absolute Gasteiger partial charge is 0.497 e. The number of carbonyl (C=O) groups is 1. The van der Waals surface area contributed by atoms with Crippen molar-refractivity contribution in [1.29, 1.82) is 0 Å². The highest BCUT2D eigenvalue weighted by Gasteiger charge is 2.28. The van der Waals surface area contributed by atoms with Gasteiger partial charge in [-0.05, 0) is 73.3 Å². The number of anilines is 1. The maximum Gasteiger partial charge on any atom is 0.227 e. The number of rotatable bonds is 7. The van der Waals surface area contributed by atoms with Crippen molar-refractivity contribution in [3.63, 3.8) is 0 Å². The average molecular weight is 429 g/mol. The standard InChI is InChI=1S/C28H32N2O2/c1-29(2)19-22-18-25-6-4-5-7-27(25)30(20-22)28(31)17-10-21-8-11-23(12-9-21)24-13-15-26(32-3)16-14-24/h4-9,11-16,22H,10,17-20H2,1-3H3. The van der Waals surface area contributed by atoms with Crippen LogP contribution in [0.3, 0.4) is 0 Å². The van der Waals surface area contributed by atoms with Crippen LogP contribution in [-0.4, -0.2) is 45.1 Å². The number of carbonyl (C=O) groups excluding carboxylic acids is 1. The number of fused-ring (bicyclic) bond motifs is 1. The van der Waals surface area contributed by atoms with Crippen LogP contribution in [-0.2, 0) is 17.6 Å². The Balaban J connectivity index is 1.41. The molecule has 166 valence electrons. The highest BCUT2D eigenvalue weighted by molar-refractivity contribution is 5.94. The normalized spacial score (nSPS) is 15.5. The quantitative estimate of drug-likeness (QED) is 0.527. The maximum absolute atomic E-state index is 13.2. The van der Waals surface area contributed by atoms with Gasteiger partial charge >= 0.3 is 0 Å². The molecule has 1 heterocycles. The van der Waals surface area contributed by atoms with Crippen LogP contribution >= 0.6 is 0 Å². The van der Waals surface area contributed by atoms with Gasteiger partial charge in [0.1, 0.15) is 5.75 Å². The highest BCUT2D eigenvalue weighted by atomic mass is 16.5. The number of methoxy groups -OCH3 is 1. The summed E-state index contributed by atoms with van der Waals surface area (Å²) < 4.78 is 5.24. The number of ether oxygens (including phenoxy) is 1. The van der Waals surface area contributed by atoms with E-state index in [1.807, 2.05) is 23.1 Å². The van der Waals surface area contributed by atoms with Crippen molar-refractivity contribution in [1.82, 2.24) is 4.90 Å². The minimum atomic E-state index is 0.208. The van der Waals surface area contributed by atoms with Crippen molar-refractivity contribution in [2.45, 2.75) is 19.3 Å². The topological polar surface area (TPSA) is 32.8 Å². The number of benzene rings is 3. The van der Waals surface area contributed by atoms with Crippen molar-refractivity contribution in [2.75, 3.05) is 39.2 Å². The molecule has 32 heavy (non-hydrogen) atoms. The summed E-state index contributed by atoms with van der Waals surface area (Å²) in [7, 11) is 5.88. The zero-order valence-electron chi connectivity index (χ0n) is 19.3. The van der Waals surface area contributed by atoms with E-state index in [2.05, 4.69) is 73.6 Å². The summed E-state index contributed by atoms with van der Waals surface area (Å²) in [6, 6.07) is 25.0. The van der Waals surface area contributed by atoms with Crippen LogP contribution in [0.5, 0.6) is 5.75 Å². The Kier molecular flexibility index (Phi) is 6.91. The SMILES string of the molecule is COc1ccc(-c2ccc(CCC(=O)N3CC(CN(C)C)Cc4ccccc43)cc2)cc1. The van der Waals surface area contributed by atoms with E-state index in [1.54, 1.807) is 7.11 Å². The fourth-order valence-corrected chi connectivity index (χ4v) is 4.59. The van der Waals surface area contributed by atoms with Crippen LogP contribution in [0, 0.1) is 5.92 Å². The van der Waals surface area contributed by atoms with E-state index in [4.69, 9.17) is 4.74 Å². The molecule has 1 aliphatic rings. The van der Waals surface area contributed by atoms with Crippen LogP contribution in [0.15, 0.2) is 72.8 Å². The van der Waals surface area contributed by atoms with Gasteiger partial charge in [0.15, 0.2) is 0 Å². The van der Waals surface area contributed by atoms with Gasteiger partial charge in [-0.15, -0.1) is 0 Å². The highest BCUT2D eigenvalue weighted by Crippen LogP contribution is 2.31. The predicted octanol–water partition coefficient (Wildman–Crippen LogP) is 5.06. The molecule has 4 heteroatoms. The molecule has 3 aromatic rings. The van der Waals surface area contributed by atoms with Crippen molar-refractivity contribution in [2.24, 2.45) is 5.92 Å². The Morgan fingerprint density at radius 2 is 1.62 bits per heavy atom. The van der Waals surface area contributed by atoms with E-state index in [0.717, 1.165) is 42.9 Å². The lowest BCUT2D eigenvalue weighted by Gasteiger charge is -2.36. The van der Waals surface area contributed by atoms with Gasteiger partial charge in [0, 0.05) is 25.2 Å². The van der Waals surface area contributed by atoms with Crippen molar-refractivity contribution in [3.05, 3.63) is 83.9 Å². The van der Waals surface area contributed by atoms with Crippen LogP contribution in [0.2, 0.25) is 0 Å². The van der Waals surface area contributed by atoms with Gasteiger partial charge in [0.25, 0.3) is 0 Å². The molecule has 0 aliphatic carbocycles. The second-order valence-corrected chi connectivity index (χ2v) is 8.89. The summed E-state index contributed by atoms with van der Waals surface area (Å²) in [6.45, 7) is 1.79. The minimum Gasteiger partial charge on any atom is -0.497 e. The molecule has 0 spiro atoms. The summed E-state index contributed by atoms with van der Waals surface area (Å²) in [5.74, 6) is 1.53. The lowest BCUT2D eigenvalue weighted by atomic mass is 9.91. The third-order valence-corrected chi connectivity index (χ3v) is 6.16. The summed E-state index contributed by atoms with van der Waals surface area (Å²) in [6.07, 6.45) is 2.30. The summed E-state index contributed by atoms with van der Waals surface area (Å²) in [4.78, 5) is 17.4. The molecular weight excluding hydrogens is 396 g/mol. The molecule has 1 atom stereocenters. The predicted molar refractivity (Wildman–Crippen MR) is 131 cm³/mol. The van der Waals surface area contributed by atoms with Gasteiger partial charge < -0.3 is 14.5 Å². The van der Waals surface area contributed by atoms with Gasteiger partial charge in [-0.1, -0.05) is 54.6 Å². The van der Waals surface area contributed by atoms with E-state index < -0.39 is 0 Å². The van der Waals surface area contributed by atoms with Gasteiger partial charge in [0.2, 0.25) is 5.91 Å². The van der Waals surface area contributed by atoms with Crippen LogP contribution in [0.1, 0.15) is 17.5 Å². The number of hydrogen-bond acceptors (Lipinski definition) is 3. The van der Waals surface area contributed by atoms with Gasteiger partial charge in [-0.25, -0.2) is 0 Å². The van der Waals surface area contributed by atoms with Crippen molar-refractivity contribution in [3.8, 4) is 16.9 Å². The first-order valence-electron chi connectivity index (χ1n) is 11.3. The molecule has 4 rings (SSSR count). The third kappa shape index (κ3) is 5.20. The first-order chi connectivity index (χ1) is 15.5. The number of nitrogens with zero attached hydrogens (tertiary/aromatic N) is 2. The number of para-hydroxylation sites is 1. The molecule has 4 nitrogen and oxygen atoms in total. The monoisotopic (exact) mass is 428 g/mol. The minimum absolute atomic E-state index is 0.208. The van der Waals surface area contributed by atoms with Gasteiger partial charge in [-0.2, -0.15) is 0 Å². The summed E-state index contributed by atoms with van der Waals surface area (Å²) in [5, 5.41) is 0. The van der Waals surface area contributed by atoms with E-state index >= 15 is 0 Å². The average Bonchev–Trinajstić information content (AvgIpc) is 2.82. The molecule has 1 aliphatic heterocycles. The molecule has 0 N–H and O–H groups in total. The molecule has 0 aromatic heterocycles. The van der Waals surface area contributed by atoms with Crippen molar-refractivity contribution < 1.29 is 9.53 Å². The number of aryl methyl sites for hydroxylation is 1. The van der Waals surface area contributed by atoms with Crippen LogP contribution in [0.4, 0.5) is 5.69 Å². The Bertz CT molecular complexity index is 1040. The van der Waals surface area contributed by atoms with E-state index in [9.17, 15) is 4.79 Å². The Hall–Kier alpha value is -3.11. The van der Waals surface area contributed by atoms with Crippen LogP contribution in [0.25, 0.3) is 11.1 Å². The molecule has 0 saturated carbocycles. The Morgan fingerprint density at radius 1 is 0.969 bits per heavy atom. The van der Waals surface area contributed by atoms with E-state index in [1.165, 1.54) is 16.7 Å². The third-order valence-electron chi connectivity index (χ3n) is 6.16. The van der Waals surface area contributed by atoms with E-state index in [0.29, 0.717) is 12.3 Å².